The summed E-state index contributed by atoms with van der Waals surface area (Å²) in [5, 5.41) is 0. The molecule has 64 valence electrons. The van der Waals surface area contributed by atoms with Gasteiger partial charge in [-0.2, -0.15) is 0 Å². The number of nitrogens with zero attached hydrogens (tertiary/aromatic N) is 1. The molecule has 0 saturated carbocycles. The van der Waals surface area contributed by atoms with Gasteiger partial charge >= 0.3 is 0 Å². The van der Waals surface area contributed by atoms with Crippen LogP contribution in [-0.2, 0) is 0 Å². The molecule has 0 rings (SSSR count). The third kappa shape index (κ3) is 3.15. The summed E-state index contributed by atoms with van der Waals surface area (Å²) >= 11 is 0. The zero-order valence-corrected chi connectivity index (χ0v) is 7.75. The van der Waals surface area contributed by atoms with Gasteiger partial charge in [0.25, 0.3) is 0 Å². The van der Waals surface area contributed by atoms with Crippen molar-refractivity contribution in [2.45, 2.75) is 13.8 Å². The molecule has 1 nitrogen and oxygen atoms in total. The van der Waals surface area contributed by atoms with Gasteiger partial charge < -0.3 is 0 Å². The first-order valence-corrected chi connectivity index (χ1v) is 3.90. The standard InChI is InChI=1S/C11H15N/c1-5-9-10(6-2)11(7-3)12-8-4/h5-9H,3-4H2,1-2H3/b9-5-,10-6?,12-11-. The van der Waals surface area contributed by atoms with Crippen LogP contribution in [0.5, 0.6) is 0 Å². The van der Waals surface area contributed by atoms with Crippen molar-refractivity contribution in [1.82, 2.24) is 0 Å². The van der Waals surface area contributed by atoms with E-state index in [0.717, 1.165) is 11.3 Å². The van der Waals surface area contributed by atoms with Crippen LogP contribution in [0.25, 0.3) is 0 Å². The Bertz CT molecular complexity index is 242. The molecule has 0 aliphatic carbocycles. The quantitative estimate of drug-likeness (QED) is 0.443. The Kier molecular flexibility index (Phi) is 5.62. The molecule has 0 aromatic carbocycles. The first-order valence-electron chi connectivity index (χ1n) is 3.90. The molecule has 0 aliphatic heterocycles. The molecule has 0 unspecified atom stereocenters. The van der Waals surface area contributed by atoms with Gasteiger partial charge in [-0.15, -0.1) is 0 Å². The van der Waals surface area contributed by atoms with Crippen molar-refractivity contribution in [3.05, 3.63) is 49.2 Å². The largest absolute Gasteiger partial charge is 0.257 e. The van der Waals surface area contributed by atoms with Gasteiger partial charge in [-0.05, 0) is 25.5 Å². The van der Waals surface area contributed by atoms with Gasteiger partial charge in [0.2, 0.25) is 0 Å². The van der Waals surface area contributed by atoms with E-state index in [-0.39, 0.29) is 0 Å². The first-order chi connectivity index (χ1) is 5.79. The van der Waals surface area contributed by atoms with Crippen molar-refractivity contribution < 1.29 is 0 Å². The molecular weight excluding hydrogens is 146 g/mol. The van der Waals surface area contributed by atoms with Crippen LogP contribution < -0.4 is 0 Å². The minimum absolute atomic E-state index is 0.852. The molecule has 0 aromatic heterocycles. The number of rotatable bonds is 4. The third-order valence-corrected chi connectivity index (χ3v) is 1.38. The Hall–Kier alpha value is -1.37. The molecule has 0 bridgehead atoms. The molecule has 0 atom stereocenters. The highest BCUT2D eigenvalue weighted by Gasteiger charge is 1.95. The summed E-state index contributed by atoms with van der Waals surface area (Å²) < 4.78 is 0. The predicted molar refractivity (Wildman–Crippen MR) is 56.4 cm³/mol. The van der Waals surface area contributed by atoms with E-state index < -0.39 is 0 Å². The van der Waals surface area contributed by atoms with Crippen LogP contribution >= 0.6 is 0 Å². The maximum atomic E-state index is 4.08. The van der Waals surface area contributed by atoms with Crippen molar-refractivity contribution in [2.75, 3.05) is 0 Å². The fraction of sp³-hybridized carbons (Fsp3) is 0.182. The van der Waals surface area contributed by atoms with Crippen molar-refractivity contribution in [2.24, 2.45) is 4.99 Å². The maximum Gasteiger partial charge on any atom is 0.0692 e. The van der Waals surface area contributed by atoms with Gasteiger partial charge in [0.15, 0.2) is 0 Å². The highest BCUT2D eigenvalue weighted by atomic mass is 14.7. The highest BCUT2D eigenvalue weighted by molar-refractivity contribution is 6.10. The Morgan fingerprint density at radius 3 is 2.25 bits per heavy atom. The van der Waals surface area contributed by atoms with Crippen LogP contribution in [0.3, 0.4) is 0 Å². The van der Waals surface area contributed by atoms with Gasteiger partial charge in [-0.1, -0.05) is 31.4 Å². The molecule has 12 heavy (non-hydrogen) atoms. The summed E-state index contributed by atoms with van der Waals surface area (Å²) in [6.07, 6.45) is 9.19. The molecule has 0 spiro atoms. The average molecular weight is 161 g/mol. The number of aliphatic imine (C=N–C) groups is 1. The molecule has 0 radical (unpaired) electrons. The van der Waals surface area contributed by atoms with Crippen LogP contribution in [0.15, 0.2) is 54.2 Å². The number of hydrogen-bond acceptors (Lipinski definition) is 1. The van der Waals surface area contributed by atoms with Gasteiger partial charge in [0.1, 0.15) is 0 Å². The average Bonchev–Trinajstić information content (AvgIpc) is 2.11. The molecule has 0 N–H and O–H groups in total. The third-order valence-electron chi connectivity index (χ3n) is 1.38. The summed E-state index contributed by atoms with van der Waals surface area (Å²) in [4.78, 5) is 4.08. The molecule has 0 amide bonds. The zero-order chi connectivity index (χ0) is 9.40. The van der Waals surface area contributed by atoms with E-state index >= 15 is 0 Å². The Morgan fingerprint density at radius 1 is 1.25 bits per heavy atom. The number of hydrogen-bond donors (Lipinski definition) is 0. The molecule has 1 heteroatoms. The van der Waals surface area contributed by atoms with Crippen molar-refractivity contribution in [1.29, 1.82) is 0 Å². The minimum atomic E-state index is 0.852. The molecule has 0 aromatic rings. The SMILES string of the molecule is C=C/N=C(/C=C)C(=CC)/C=C\C. The maximum absolute atomic E-state index is 4.08. The fourth-order valence-electron chi connectivity index (χ4n) is 0.852. The normalized spacial score (nSPS) is 13.5. The number of allylic oxidation sites excluding steroid dienone is 5. The van der Waals surface area contributed by atoms with Crippen LogP contribution in [-0.4, -0.2) is 5.71 Å². The Labute approximate surface area is 74.5 Å². The summed E-state index contributed by atoms with van der Waals surface area (Å²) in [7, 11) is 0. The van der Waals surface area contributed by atoms with Crippen LogP contribution in [0.1, 0.15) is 13.8 Å². The lowest BCUT2D eigenvalue weighted by Gasteiger charge is -1.98. The second kappa shape index (κ2) is 6.35. The van der Waals surface area contributed by atoms with Gasteiger partial charge in [-0.3, -0.25) is 4.99 Å². The van der Waals surface area contributed by atoms with E-state index in [1.807, 2.05) is 32.1 Å². The van der Waals surface area contributed by atoms with Crippen molar-refractivity contribution in [3.63, 3.8) is 0 Å². The lowest BCUT2D eigenvalue weighted by Crippen LogP contribution is -1.94. The smallest absolute Gasteiger partial charge is 0.0692 e. The monoisotopic (exact) mass is 161 g/mol. The van der Waals surface area contributed by atoms with Crippen molar-refractivity contribution in [3.8, 4) is 0 Å². The summed E-state index contributed by atoms with van der Waals surface area (Å²) in [6, 6.07) is 0. The summed E-state index contributed by atoms with van der Waals surface area (Å²) in [5.74, 6) is 0. The molecular formula is C11H15N. The second-order valence-corrected chi connectivity index (χ2v) is 2.15. The van der Waals surface area contributed by atoms with E-state index in [1.165, 1.54) is 6.20 Å². The topological polar surface area (TPSA) is 12.4 Å². The van der Waals surface area contributed by atoms with Crippen LogP contribution in [0.2, 0.25) is 0 Å². The lowest BCUT2D eigenvalue weighted by atomic mass is 10.1. The Balaban J connectivity index is 4.81. The Morgan fingerprint density at radius 2 is 1.92 bits per heavy atom. The fourth-order valence-corrected chi connectivity index (χ4v) is 0.852. The van der Waals surface area contributed by atoms with E-state index in [1.54, 1.807) is 6.08 Å². The first kappa shape index (κ1) is 10.6. The summed E-state index contributed by atoms with van der Waals surface area (Å²) in [6.45, 7) is 11.2. The molecule has 0 fully saturated rings. The van der Waals surface area contributed by atoms with Gasteiger partial charge in [0, 0.05) is 6.20 Å². The van der Waals surface area contributed by atoms with E-state index in [4.69, 9.17) is 0 Å². The minimum Gasteiger partial charge on any atom is -0.257 e. The van der Waals surface area contributed by atoms with Crippen LogP contribution in [0.4, 0.5) is 0 Å². The predicted octanol–water partition coefficient (Wildman–Crippen LogP) is 3.28. The van der Waals surface area contributed by atoms with Crippen LogP contribution in [0, 0.1) is 0 Å². The van der Waals surface area contributed by atoms with E-state index in [2.05, 4.69) is 18.2 Å². The van der Waals surface area contributed by atoms with Gasteiger partial charge in [-0.25, -0.2) is 0 Å². The van der Waals surface area contributed by atoms with E-state index in [9.17, 15) is 0 Å². The molecule has 0 heterocycles. The van der Waals surface area contributed by atoms with Gasteiger partial charge in [0.05, 0.1) is 5.71 Å². The molecule has 0 aliphatic rings. The van der Waals surface area contributed by atoms with E-state index in [0.29, 0.717) is 0 Å². The highest BCUT2D eigenvalue weighted by Crippen LogP contribution is 2.02. The zero-order valence-electron chi connectivity index (χ0n) is 7.75. The second-order valence-electron chi connectivity index (χ2n) is 2.15. The lowest BCUT2D eigenvalue weighted by molar-refractivity contribution is 1.53. The molecule has 0 saturated heterocycles. The summed E-state index contributed by atoms with van der Waals surface area (Å²) in [5.41, 5.74) is 1.91. The van der Waals surface area contributed by atoms with Crippen molar-refractivity contribution >= 4 is 5.71 Å².